The number of fused-ring (bicyclic) bond motifs is 1. The van der Waals surface area contributed by atoms with Crippen molar-refractivity contribution in [2.24, 2.45) is 5.92 Å². The van der Waals surface area contributed by atoms with Gasteiger partial charge in [0.05, 0.1) is 12.3 Å². The quantitative estimate of drug-likeness (QED) is 0.124. The number of rotatable bonds is 16. The maximum Gasteiger partial charge on any atom is 0.459 e. The van der Waals surface area contributed by atoms with Gasteiger partial charge in [-0.2, -0.15) is 15.4 Å². The number of carbonyl (C=O) groups is 3. The van der Waals surface area contributed by atoms with Crippen LogP contribution in [0.4, 0.5) is 5.82 Å². The molecule has 4 rings (SSSR count). The van der Waals surface area contributed by atoms with Crippen molar-refractivity contribution in [2.75, 3.05) is 39.3 Å². The van der Waals surface area contributed by atoms with Crippen LogP contribution in [0.5, 0.6) is 5.75 Å². The van der Waals surface area contributed by atoms with Gasteiger partial charge in [-0.25, -0.2) is 14.1 Å². The molecule has 0 amide bonds. The predicted octanol–water partition coefficient (Wildman–Crippen LogP) is 2.91. The SMILES string of the molecule is CO[C@](C#N)(COP(=O)(N[C@@H](C)C(=O)OCC1CCOCC1)Oc1ccccc1)[C@@H](OC(C)=O)[C@@H](OC(C)=O)c1ccc2c(N)ncnn12. The van der Waals surface area contributed by atoms with Crippen molar-refractivity contribution in [3.05, 3.63) is 54.5 Å². The molecule has 1 fully saturated rings. The topological polar surface area (TPSA) is 225 Å². The molecular formula is C31H39N6O11P. The van der Waals surface area contributed by atoms with Gasteiger partial charge in [0.2, 0.25) is 5.60 Å². The zero-order valence-corrected chi connectivity index (χ0v) is 28.4. The van der Waals surface area contributed by atoms with Crippen molar-refractivity contribution in [1.82, 2.24) is 19.7 Å². The standard InChI is InChI=1S/C31H39N6O11P/c1-20(30(40)44-16-23-12-14-43-15-13-23)36-49(41,48-24-8-6-5-7-9-24)45-18-31(17-32,42-4)28(47-22(3)39)27(46-21(2)38)25-10-11-26-29(33)34-19-35-37(25)26/h5-11,19-20,23,27-28H,12-16,18H2,1-4H3,(H,36,41)(H2,33,34,35)/t20-,27-,28-,31+,49?/m0/s1. The first-order valence-electron chi connectivity index (χ1n) is 15.3. The van der Waals surface area contributed by atoms with Crippen LogP contribution in [-0.4, -0.2) is 83.8 Å². The molecule has 49 heavy (non-hydrogen) atoms. The first-order chi connectivity index (χ1) is 23.4. The lowest BCUT2D eigenvalue weighted by molar-refractivity contribution is -0.191. The molecule has 3 N–H and O–H groups in total. The number of hydrogen-bond donors (Lipinski definition) is 2. The number of nitrogen functional groups attached to an aromatic ring is 1. The number of nitrogens with one attached hydrogen (secondary N) is 1. The number of methoxy groups -OCH3 is 1. The second kappa shape index (κ2) is 16.7. The summed E-state index contributed by atoms with van der Waals surface area (Å²) in [7, 11) is -3.44. The molecule has 0 aliphatic carbocycles. The third kappa shape index (κ3) is 9.52. The second-order valence-electron chi connectivity index (χ2n) is 11.2. The Bertz CT molecular complexity index is 1690. The lowest BCUT2D eigenvalue weighted by Gasteiger charge is -2.37. The number of aromatic nitrogens is 3. The van der Waals surface area contributed by atoms with Crippen molar-refractivity contribution in [3.8, 4) is 11.8 Å². The third-order valence-electron chi connectivity index (χ3n) is 7.60. The summed E-state index contributed by atoms with van der Waals surface area (Å²) in [6, 6.07) is 11.7. The number of hydrogen-bond acceptors (Lipinski definition) is 15. The van der Waals surface area contributed by atoms with Crippen LogP contribution >= 0.6 is 7.75 Å². The predicted molar refractivity (Wildman–Crippen MR) is 171 cm³/mol. The first-order valence-corrected chi connectivity index (χ1v) is 16.8. The van der Waals surface area contributed by atoms with E-state index in [-0.39, 0.29) is 29.8 Å². The van der Waals surface area contributed by atoms with Gasteiger partial charge in [-0.3, -0.25) is 18.9 Å². The van der Waals surface area contributed by atoms with Crippen molar-refractivity contribution >= 4 is 37.0 Å². The number of ether oxygens (including phenoxy) is 5. The Morgan fingerprint density at radius 3 is 2.47 bits per heavy atom. The average molecular weight is 703 g/mol. The van der Waals surface area contributed by atoms with Crippen molar-refractivity contribution in [3.63, 3.8) is 0 Å². The van der Waals surface area contributed by atoms with Crippen LogP contribution in [0.25, 0.3) is 5.52 Å². The molecule has 18 heteroatoms. The highest BCUT2D eigenvalue weighted by Crippen LogP contribution is 2.47. The van der Waals surface area contributed by atoms with Crippen LogP contribution in [0.1, 0.15) is 45.4 Å². The summed E-state index contributed by atoms with van der Waals surface area (Å²) in [5, 5.41) is 17.3. The molecule has 0 radical (unpaired) electrons. The maximum atomic E-state index is 14.3. The number of nitrogens with two attached hydrogens (primary N) is 1. The van der Waals surface area contributed by atoms with E-state index in [4.69, 9.17) is 38.5 Å². The van der Waals surface area contributed by atoms with Gasteiger partial charge in [0.25, 0.3) is 0 Å². The molecule has 1 saturated heterocycles. The van der Waals surface area contributed by atoms with Crippen LogP contribution < -0.4 is 15.3 Å². The van der Waals surface area contributed by atoms with Crippen LogP contribution in [0, 0.1) is 17.2 Å². The Balaban J connectivity index is 1.66. The van der Waals surface area contributed by atoms with Gasteiger partial charge in [0.1, 0.15) is 36.3 Å². The summed E-state index contributed by atoms with van der Waals surface area (Å²) < 4.78 is 54.8. The van der Waals surface area contributed by atoms with E-state index in [2.05, 4.69) is 15.2 Å². The lowest BCUT2D eigenvalue weighted by Crippen LogP contribution is -2.53. The van der Waals surface area contributed by atoms with Crippen molar-refractivity contribution in [2.45, 2.75) is 57.5 Å². The van der Waals surface area contributed by atoms with Gasteiger partial charge in [-0.15, -0.1) is 0 Å². The summed E-state index contributed by atoms with van der Waals surface area (Å²) in [6.07, 6.45) is -0.656. The van der Waals surface area contributed by atoms with E-state index in [1.54, 1.807) is 18.2 Å². The highest BCUT2D eigenvalue weighted by atomic mass is 31.2. The number of para-hydroxylation sites is 1. The molecule has 1 aliphatic heterocycles. The lowest BCUT2D eigenvalue weighted by atomic mass is 9.92. The Kier molecular flexibility index (Phi) is 12.7. The molecule has 0 spiro atoms. The summed E-state index contributed by atoms with van der Waals surface area (Å²) in [6.45, 7) is 3.99. The van der Waals surface area contributed by atoms with E-state index < -0.39 is 56.1 Å². The van der Waals surface area contributed by atoms with Crippen LogP contribution in [0.15, 0.2) is 48.8 Å². The fraction of sp³-hybridized carbons (Fsp3) is 0.484. The monoisotopic (exact) mass is 702 g/mol. The van der Waals surface area contributed by atoms with Crippen LogP contribution in [0.2, 0.25) is 0 Å². The molecule has 17 nitrogen and oxygen atoms in total. The molecule has 264 valence electrons. The zero-order chi connectivity index (χ0) is 35.6. The fourth-order valence-corrected chi connectivity index (χ4v) is 6.56. The maximum absolute atomic E-state index is 14.3. The van der Waals surface area contributed by atoms with E-state index >= 15 is 0 Å². The van der Waals surface area contributed by atoms with Gasteiger partial charge in [-0.1, -0.05) is 18.2 Å². The Morgan fingerprint density at radius 1 is 1.14 bits per heavy atom. The minimum absolute atomic E-state index is 0.0963. The van der Waals surface area contributed by atoms with Crippen molar-refractivity contribution < 1.29 is 51.7 Å². The van der Waals surface area contributed by atoms with E-state index in [9.17, 15) is 24.2 Å². The van der Waals surface area contributed by atoms with E-state index in [0.29, 0.717) is 18.7 Å². The normalized spacial score (nSPS) is 17.8. The second-order valence-corrected chi connectivity index (χ2v) is 12.9. The molecular weight excluding hydrogens is 663 g/mol. The highest BCUT2D eigenvalue weighted by molar-refractivity contribution is 7.52. The van der Waals surface area contributed by atoms with E-state index in [1.165, 1.54) is 35.7 Å². The molecule has 3 heterocycles. The molecule has 0 saturated carbocycles. The molecule has 3 aromatic rings. The summed E-state index contributed by atoms with van der Waals surface area (Å²) >= 11 is 0. The minimum atomic E-state index is -4.56. The van der Waals surface area contributed by atoms with Gasteiger partial charge in [0.15, 0.2) is 18.0 Å². The van der Waals surface area contributed by atoms with Crippen LogP contribution in [-0.2, 0) is 47.2 Å². The summed E-state index contributed by atoms with van der Waals surface area (Å²) in [5.41, 5.74) is 4.14. The number of carbonyl (C=O) groups excluding carboxylic acids is 3. The summed E-state index contributed by atoms with van der Waals surface area (Å²) in [5.74, 6) is -2.09. The molecule has 5 atom stereocenters. The summed E-state index contributed by atoms with van der Waals surface area (Å²) in [4.78, 5) is 41.8. The Labute approximate surface area is 282 Å². The molecule has 0 bridgehead atoms. The Morgan fingerprint density at radius 2 is 1.84 bits per heavy atom. The fourth-order valence-electron chi connectivity index (χ4n) is 5.04. The Hall–Kier alpha value is -4.59. The number of nitriles is 1. The number of anilines is 1. The highest BCUT2D eigenvalue weighted by Gasteiger charge is 2.52. The van der Waals surface area contributed by atoms with E-state index in [1.807, 2.05) is 6.07 Å². The third-order valence-corrected chi connectivity index (χ3v) is 9.23. The first kappa shape index (κ1) is 37.2. The van der Waals surface area contributed by atoms with Gasteiger partial charge < -0.3 is 33.9 Å². The number of esters is 3. The molecule has 1 aromatic carbocycles. The number of nitrogens with zero attached hydrogens (tertiary/aromatic N) is 4. The smallest absolute Gasteiger partial charge is 0.459 e. The average Bonchev–Trinajstić information content (AvgIpc) is 3.52. The van der Waals surface area contributed by atoms with Gasteiger partial charge in [-0.05, 0) is 49.9 Å². The van der Waals surface area contributed by atoms with E-state index in [0.717, 1.165) is 40.1 Å². The van der Waals surface area contributed by atoms with Gasteiger partial charge >= 0.3 is 25.7 Å². The molecule has 1 aliphatic rings. The largest absolute Gasteiger partial charge is 0.464 e. The minimum Gasteiger partial charge on any atom is -0.464 e. The van der Waals surface area contributed by atoms with Crippen LogP contribution in [0.3, 0.4) is 0 Å². The zero-order valence-electron chi connectivity index (χ0n) is 27.5. The molecule has 2 aromatic heterocycles. The molecule has 1 unspecified atom stereocenters. The van der Waals surface area contributed by atoms with Gasteiger partial charge in [0, 0.05) is 34.2 Å². The van der Waals surface area contributed by atoms with Crippen molar-refractivity contribution in [1.29, 1.82) is 5.26 Å². The number of benzene rings is 1.